The van der Waals surface area contributed by atoms with Crippen molar-refractivity contribution in [2.75, 3.05) is 0 Å². The van der Waals surface area contributed by atoms with Crippen molar-refractivity contribution in [2.24, 2.45) is 0 Å². The minimum atomic E-state index is -0.813. The van der Waals surface area contributed by atoms with Gasteiger partial charge in [0.1, 0.15) is 22.7 Å². The van der Waals surface area contributed by atoms with E-state index in [0.29, 0.717) is 37.2 Å². The fourth-order valence-electron chi connectivity index (χ4n) is 5.54. The van der Waals surface area contributed by atoms with Crippen molar-refractivity contribution in [1.29, 1.82) is 0 Å². The van der Waals surface area contributed by atoms with E-state index < -0.39 is 23.1 Å². The van der Waals surface area contributed by atoms with Gasteiger partial charge in [-0.25, -0.2) is 9.59 Å². The predicted octanol–water partition coefficient (Wildman–Crippen LogP) is 10.1. The molecule has 50 heavy (non-hydrogen) atoms. The standard InChI is InChI=1S/C42H66O8/c1-37(2,3)29-23-27(24-30(35(29)45)38(4,5)6)17-19-33(43)47-49-41(13,14)21-22-42(15,16)50-48-34(44)20-18-28-25-31(39(7,8)9)36(46)32(26-28)40(10,11)12/h23-26,45-46H,17-22H2,1-16H3. The molecule has 0 aliphatic carbocycles. The molecule has 2 rings (SSSR count). The summed E-state index contributed by atoms with van der Waals surface area (Å²) in [5, 5.41) is 22.0. The van der Waals surface area contributed by atoms with Crippen molar-refractivity contribution in [3.05, 3.63) is 57.6 Å². The van der Waals surface area contributed by atoms with E-state index in [1.54, 1.807) is 0 Å². The van der Waals surface area contributed by atoms with Gasteiger partial charge in [0.05, 0.1) is 12.8 Å². The largest absolute Gasteiger partial charge is 0.507 e. The number of aromatic hydroxyl groups is 2. The summed E-state index contributed by atoms with van der Waals surface area (Å²) in [5.41, 5.74) is 2.64. The third-order valence-corrected chi connectivity index (χ3v) is 8.86. The van der Waals surface area contributed by atoms with E-state index in [0.717, 1.165) is 33.4 Å². The number of benzene rings is 2. The molecular weight excluding hydrogens is 632 g/mol. The maximum absolute atomic E-state index is 12.7. The van der Waals surface area contributed by atoms with E-state index in [2.05, 4.69) is 83.1 Å². The van der Waals surface area contributed by atoms with Gasteiger partial charge in [0.15, 0.2) is 0 Å². The Morgan fingerprint density at radius 3 is 0.940 bits per heavy atom. The van der Waals surface area contributed by atoms with Gasteiger partial charge in [-0.3, -0.25) is 9.78 Å². The van der Waals surface area contributed by atoms with Gasteiger partial charge in [0.25, 0.3) is 0 Å². The molecule has 0 heterocycles. The number of rotatable bonds is 13. The van der Waals surface area contributed by atoms with E-state index in [-0.39, 0.29) is 34.5 Å². The zero-order valence-electron chi connectivity index (χ0n) is 33.9. The average Bonchev–Trinajstić information content (AvgIpc) is 2.94. The van der Waals surface area contributed by atoms with Crippen LogP contribution in [0.5, 0.6) is 11.5 Å². The van der Waals surface area contributed by atoms with Gasteiger partial charge >= 0.3 is 11.9 Å². The minimum absolute atomic E-state index is 0.123. The van der Waals surface area contributed by atoms with Gasteiger partial charge in [-0.2, -0.15) is 9.78 Å². The smallest absolute Gasteiger partial charge is 0.342 e. The minimum Gasteiger partial charge on any atom is -0.507 e. The highest BCUT2D eigenvalue weighted by Crippen LogP contribution is 2.41. The molecule has 2 aromatic rings. The van der Waals surface area contributed by atoms with E-state index in [1.807, 2.05) is 52.0 Å². The van der Waals surface area contributed by atoms with Crippen LogP contribution in [0.1, 0.15) is 170 Å². The Kier molecular flexibility index (Phi) is 13.5. The molecule has 8 nitrogen and oxygen atoms in total. The number of hydrogen-bond donors (Lipinski definition) is 2. The first-order valence-electron chi connectivity index (χ1n) is 17.9. The first-order chi connectivity index (χ1) is 22.4. The number of carbonyl (C=O) groups is 2. The Bertz CT molecular complexity index is 1300. The van der Waals surface area contributed by atoms with Crippen LogP contribution in [-0.4, -0.2) is 33.4 Å². The summed E-state index contributed by atoms with van der Waals surface area (Å²) in [5.74, 6) is -0.353. The highest BCUT2D eigenvalue weighted by atomic mass is 17.2. The fraction of sp³-hybridized carbons (Fsp3) is 0.667. The van der Waals surface area contributed by atoms with Crippen LogP contribution < -0.4 is 0 Å². The third-order valence-electron chi connectivity index (χ3n) is 8.86. The molecule has 0 spiro atoms. The van der Waals surface area contributed by atoms with Gasteiger partial charge < -0.3 is 10.2 Å². The fourth-order valence-corrected chi connectivity index (χ4v) is 5.54. The molecule has 8 heteroatoms. The van der Waals surface area contributed by atoms with Crippen molar-refractivity contribution in [3.8, 4) is 11.5 Å². The predicted molar refractivity (Wildman–Crippen MR) is 199 cm³/mol. The highest BCUT2D eigenvalue weighted by Gasteiger charge is 2.31. The molecule has 0 aliphatic heterocycles. The van der Waals surface area contributed by atoms with Crippen LogP contribution in [0.2, 0.25) is 0 Å². The average molecular weight is 699 g/mol. The van der Waals surface area contributed by atoms with Gasteiger partial charge in [-0.15, -0.1) is 0 Å². The Balaban J connectivity index is 1.91. The molecule has 2 aromatic carbocycles. The number of hydrogen-bond acceptors (Lipinski definition) is 8. The van der Waals surface area contributed by atoms with Crippen LogP contribution in [0.25, 0.3) is 0 Å². The number of carbonyl (C=O) groups excluding carboxylic acids is 2. The van der Waals surface area contributed by atoms with Crippen molar-refractivity contribution in [2.45, 2.75) is 182 Å². The number of phenols is 2. The van der Waals surface area contributed by atoms with Crippen LogP contribution in [-0.2, 0) is 63.6 Å². The summed E-state index contributed by atoms with van der Waals surface area (Å²) in [7, 11) is 0. The second kappa shape index (κ2) is 15.6. The van der Waals surface area contributed by atoms with E-state index in [4.69, 9.17) is 19.6 Å². The number of phenolic OH excluding ortho intramolecular Hbond substituents is 2. The maximum atomic E-state index is 12.7. The summed E-state index contributed by atoms with van der Waals surface area (Å²) in [4.78, 5) is 47.0. The van der Waals surface area contributed by atoms with E-state index in [1.165, 1.54) is 0 Å². The molecular formula is C42H66O8. The molecule has 0 atom stereocenters. The van der Waals surface area contributed by atoms with Gasteiger partial charge in [-0.1, -0.05) is 107 Å². The molecule has 0 unspecified atom stereocenters. The van der Waals surface area contributed by atoms with Gasteiger partial charge in [-0.05, 0) is 108 Å². The van der Waals surface area contributed by atoms with Crippen LogP contribution in [0.4, 0.5) is 0 Å². The van der Waals surface area contributed by atoms with E-state index in [9.17, 15) is 19.8 Å². The molecule has 0 radical (unpaired) electrons. The SMILES string of the molecule is CC(C)(CCC(C)(C)OOC(=O)CCc1cc(C(C)(C)C)c(O)c(C(C)(C)C)c1)OOC(=O)CCc1cc(C(C)(C)C)c(O)c(C(C)(C)C)c1. The summed E-state index contributed by atoms with van der Waals surface area (Å²) < 4.78 is 0. The lowest BCUT2D eigenvalue weighted by atomic mass is 9.78. The zero-order valence-corrected chi connectivity index (χ0v) is 33.9. The van der Waals surface area contributed by atoms with Crippen molar-refractivity contribution in [1.82, 2.24) is 0 Å². The Hall–Kier alpha value is -3.10. The molecule has 2 N–H and O–H groups in total. The quantitative estimate of drug-likeness (QED) is 0.157. The molecule has 0 bridgehead atoms. The first-order valence-corrected chi connectivity index (χ1v) is 17.9. The topological polar surface area (TPSA) is 112 Å². The van der Waals surface area contributed by atoms with Crippen LogP contribution in [0.15, 0.2) is 24.3 Å². The lowest BCUT2D eigenvalue weighted by molar-refractivity contribution is -0.340. The van der Waals surface area contributed by atoms with Crippen LogP contribution in [0.3, 0.4) is 0 Å². The molecule has 0 aromatic heterocycles. The van der Waals surface area contributed by atoms with Crippen molar-refractivity contribution < 1.29 is 39.4 Å². The van der Waals surface area contributed by atoms with Crippen molar-refractivity contribution in [3.63, 3.8) is 0 Å². The molecule has 0 aliphatic rings. The van der Waals surface area contributed by atoms with Crippen molar-refractivity contribution >= 4 is 11.9 Å². The summed E-state index contributed by atoms with van der Waals surface area (Å²) in [6, 6.07) is 7.88. The van der Waals surface area contributed by atoms with Crippen LogP contribution >= 0.6 is 0 Å². The Morgan fingerprint density at radius 1 is 0.480 bits per heavy atom. The monoisotopic (exact) mass is 698 g/mol. The number of aryl methyl sites for hydroxylation is 2. The Labute approximate surface area is 302 Å². The molecule has 0 amide bonds. The molecule has 0 saturated heterocycles. The second-order valence-corrected chi connectivity index (χ2v) is 19.2. The first kappa shape index (κ1) is 43.1. The second-order valence-electron chi connectivity index (χ2n) is 19.2. The van der Waals surface area contributed by atoms with Gasteiger partial charge in [0.2, 0.25) is 0 Å². The summed E-state index contributed by atoms with van der Waals surface area (Å²) in [6.45, 7) is 32.0. The summed E-state index contributed by atoms with van der Waals surface area (Å²) >= 11 is 0. The molecule has 0 fully saturated rings. The highest BCUT2D eigenvalue weighted by molar-refractivity contribution is 5.69. The normalized spacial score (nSPS) is 13.4. The maximum Gasteiger partial charge on any atom is 0.342 e. The third kappa shape index (κ3) is 12.9. The van der Waals surface area contributed by atoms with Crippen LogP contribution in [0, 0.1) is 0 Å². The molecule has 282 valence electrons. The molecule has 0 saturated carbocycles. The van der Waals surface area contributed by atoms with Gasteiger partial charge in [0, 0.05) is 0 Å². The zero-order chi connectivity index (χ0) is 38.7. The summed E-state index contributed by atoms with van der Waals surface area (Å²) in [6.07, 6.45) is 2.07. The van der Waals surface area contributed by atoms with E-state index >= 15 is 0 Å². The Morgan fingerprint density at radius 2 is 0.720 bits per heavy atom. The lowest BCUT2D eigenvalue weighted by Crippen LogP contribution is -2.33. The lowest BCUT2D eigenvalue weighted by Gasteiger charge is -2.29.